The fourth-order valence-electron chi connectivity index (χ4n) is 2.78. The molecule has 0 saturated carbocycles. The van der Waals surface area contributed by atoms with E-state index in [-0.39, 0.29) is 17.9 Å². The summed E-state index contributed by atoms with van der Waals surface area (Å²) in [6.45, 7) is 0.485. The van der Waals surface area contributed by atoms with Crippen LogP contribution in [0.25, 0.3) is 10.8 Å². The SMILES string of the molecule is CN(C)C(CNC(=O)n1cc2ccc(F)cc2c1)c1ccccc1. The van der Waals surface area contributed by atoms with Crippen LogP contribution in [0, 0.1) is 5.82 Å². The number of hydrogen-bond acceptors (Lipinski definition) is 2. The number of carbonyl (C=O) groups is 1. The minimum absolute atomic E-state index is 0.0811. The third-order valence-electron chi connectivity index (χ3n) is 4.09. The van der Waals surface area contributed by atoms with Gasteiger partial charge in [-0.1, -0.05) is 30.3 Å². The summed E-state index contributed by atoms with van der Waals surface area (Å²) in [5.41, 5.74) is 1.14. The Morgan fingerprint density at radius 2 is 1.83 bits per heavy atom. The molecule has 0 spiro atoms. The molecule has 1 unspecified atom stereocenters. The van der Waals surface area contributed by atoms with Gasteiger partial charge >= 0.3 is 6.03 Å². The van der Waals surface area contributed by atoms with Gasteiger partial charge in [0.05, 0.1) is 6.04 Å². The molecular weight excluding hydrogens is 305 g/mol. The quantitative estimate of drug-likeness (QED) is 0.795. The van der Waals surface area contributed by atoms with Crippen LogP contribution in [0.1, 0.15) is 11.6 Å². The van der Waals surface area contributed by atoms with Crippen LogP contribution in [0.15, 0.2) is 60.9 Å². The van der Waals surface area contributed by atoms with Gasteiger partial charge in [0.15, 0.2) is 0 Å². The van der Waals surface area contributed by atoms with Gasteiger partial charge in [-0.15, -0.1) is 0 Å². The fourth-order valence-corrected chi connectivity index (χ4v) is 2.78. The number of fused-ring (bicyclic) bond motifs is 1. The van der Waals surface area contributed by atoms with Crippen LogP contribution >= 0.6 is 0 Å². The lowest BCUT2D eigenvalue weighted by Gasteiger charge is -2.25. The molecule has 2 aromatic carbocycles. The van der Waals surface area contributed by atoms with E-state index in [0.717, 1.165) is 10.9 Å². The number of likely N-dealkylation sites (N-methyl/N-ethyl adjacent to an activating group) is 1. The monoisotopic (exact) mass is 325 g/mol. The number of nitrogens with zero attached hydrogens (tertiary/aromatic N) is 2. The Labute approximate surface area is 140 Å². The summed E-state index contributed by atoms with van der Waals surface area (Å²) in [4.78, 5) is 14.5. The number of hydrogen-bond donors (Lipinski definition) is 1. The van der Waals surface area contributed by atoms with Gasteiger partial charge in [-0.3, -0.25) is 4.57 Å². The normalized spacial score (nSPS) is 12.5. The molecule has 24 heavy (non-hydrogen) atoms. The van der Waals surface area contributed by atoms with Crippen LogP contribution in [0.4, 0.5) is 9.18 Å². The maximum absolute atomic E-state index is 13.3. The van der Waals surface area contributed by atoms with Crippen LogP contribution in [-0.2, 0) is 0 Å². The first-order valence-corrected chi connectivity index (χ1v) is 7.81. The van der Waals surface area contributed by atoms with Crippen molar-refractivity contribution in [2.45, 2.75) is 6.04 Å². The maximum Gasteiger partial charge on any atom is 0.325 e. The Balaban J connectivity index is 1.73. The molecule has 3 aromatic rings. The highest BCUT2D eigenvalue weighted by Crippen LogP contribution is 2.18. The van der Waals surface area contributed by atoms with E-state index in [1.807, 2.05) is 44.4 Å². The van der Waals surface area contributed by atoms with Crippen LogP contribution in [-0.4, -0.2) is 36.1 Å². The number of benzene rings is 2. The summed E-state index contributed by atoms with van der Waals surface area (Å²) in [6, 6.07) is 14.4. The lowest BCUT2D eigenvalue weighted by molar-refractivity contribution is 0.234. The average Bonchev–Trinajstić information content (AvgIpc) is 2.98. The van der Waals surface area contributed by atoms with E-state index in [4.69, 9.17) is 0 Å². The van der Waals surface area contributed by atoms with Gasteiger partial charge in [-0.25, -0.2) is 9.18 Å². The predicted molar refractivity (Wildman–Crippen MR) is 93.6 cm³/mol. The summed E-state index contributed by atoms with van der Waals surface area (Å²) in [5, 5.41) is 4.48. The largest absolute Gasteiger partial charge is 0.335 e. The molecule has 124 valence electrons. The Morgan fingerprint density at radius 1 is 1.12 bits per heavy atom. The summed E-state index contributed by atoms with van der Waals surface area (Å²) in [5.74, 6) is -0.308. The van der Waals surface area contributed by atoms with Gasteiger partial charge in [0, 0.05) is 29.7 Å². The summed E-state index contributed by atoms with van der Waals surface area (Å²) in [7, 11) is 3.97. The van der Waals surface area contributed by atoms with Crippen molar-refractivity contribution in [3.05, 3.63) is 72.3 Å². The third-order valence-corrected chi connectivity index (χ3v) is 4.09. The predicted octanol–water partition coefficient (Wildman–Crippen LogP) is 3.64. The highest BCUT2D eigenvalue weighted by atomic mass is 19.1. The zero-order valence-corrected chi connectivity index (χ0v) is 13.7. The zero-order valence-electron chi connectivity index (χ0n) is 13.7. The van der Waals surface area contributed by atoms with E-state index in [1.54, 1.807) is 18.5 Å². The minimum Gasteiger partial charge on any atom is -0.335 e. The molecule has 0 saturated heterocycles. The second-order valence-electron chi connectivity index (χ2n) is 6.01. The Morgan fingerprint density at radius 3 is 2.54 bits per heavy atom. The van der Waals surface area contributed by atoms with Crippen molar-refractivity contribution in [2.24, 2.45) is 0 Å². The second kappa shape index (κ2) is 6.84. The first kappa shape index (κ1) is 16.2. The molecule has 1 aromatic heterocycles. The summed E-state index contributed by atoms with van der Waals surface area (Å²) >= 11 is 0. The van der Waals surface area contributed by atoms with Gasteiger partial charge in [0.25, 0.3) is 0 Å². The van der Waals surface area contributed by atoms with Crippen LogP contribution in [0.3, 0.4) is 0 Å². The molecule has 0 radical (unpaired) electrons. The molecule has 0 aliphatic carbocycles. The van der Waals surface area contributed by atoms with Crippen molar-refractivity contribution >= 4 is 16.8 Å². The van der Waals surface area contributed by atoms with Crippen molar-refractivity contribution in [1.82, 2.24) is 14.8 Å². The van der Waals surface area contributed by atoms with Crippen molar-refractivity contribution < 1.29 is 9.18 Å². The van der Waals surface area contributed by atoms with Gasteiger partial charge in [0.2, 0.25) is 0 Å². The van der Waals surface area contributed by atoms with Crippen molar-refractivity contribution in [3.8, 4) is 0 Å². The smallest absolute Gasteiger partial charge is 0.325 e. The van der Waals surface area contributed by atoms with E-state index in [9.17, 15) is 9.18 Å². The molecule has 4 nitrogen and oxygen atoms in total. The molecule has 1 amide bonds. The highest BCUT2D eigenvalue weighted by Gasteiger charge is 2.15. The third kappa shape index (κ3) is 3.46. The Kier molecular flexibility index (Phi) is 4.62. The van der Waals surface area contributed by atoms with Crippen molar-refractivity contribution in [3.63, 3.8) is 0 Å². The number of carbonyl (C=O) groups excluding carboxylic acids is 1. The van der Waals surface area contributed by atoms with E-state index in [0.29, 0.717) is 11.9 Å². The average molecular weight is 325 g/mol. The number of nitrogens with one attached hydrogen (secondary N) is 1. The molecule has 1 heterocycles. The molecule has 1 atom stereocenters. The number of amides is 1. The molecule has 0 aliphatic rings. The van der Waals surface area contributed by atoms with Crippen molar-refractivity contribution in [2.75, 3.05) is 20.6 Å². The minimum atomic E-state index is -0.308. The van der Waals surface area contributed by atoms with Gasteiger partial charge in [0.1, 0.15) is 5.82 Å². The lowest BCUT2D eigenvalue weighted by Crippen LogP contribution is -2.36. The molecular formula is C19H20FN3O. The van der Waals surface area contributed by atoms with Crippen LogP contribution in [0.5, 0.6) is 0 Å². The van der Waals surface area contributed by atoms with Gasteiger partial charge in [-0.2, -0.15) is 0 Å². The first-order valence-electron chi connectivity index (χ1n) is 7.81. The Hall–Kier alpha value is -2.66. The molecule has 0 fully saturated rings. The molecule has 3 rings (SSSR count). The van der Waals surface area contributed by atoms with E-state index in [1.165, 1.54) is 16.7 Å². The molecule has 1 N–H and O–H groups in total. The van der Waals surface area contributed by atoms with Crippen LogP contribution < -0.4 is 5.32 Å². The molecule has 0 bridgehead atoms. The molecule has 0 aliphatic heterocycles. The summed E-state index contributed by atoms with van der Waals surface area (Å²) < 4.78 is 14.7. The molecule has 5 heteroatoms. The number of rotatable bonds is 4. The van der Waals surface area contributed by atoms with Gasteiger partial charge < -0.3 is 10.2 Å². The van der Waals surface area contributed by atoms with E-state index < -0.39 is 0 Å². The zero-order chi connectivity index (χ0) is 17.1. The van der Waals surface area contributed by atoms with Crippen molar-refractivity contribution in [1.29, 1.82) is 0 Å². The number of aromatic nitrogens is 1. The highest BCUT2D eigenvalue weighted by molar-refractivity contribution is 5.88. The second-order valence-corrected chi connectivity index (χ2v) is 6.01. The Bertz CT molecular complexity index is 842. The standard InChI is InChI=1S/C19H20FN3O/c1-22(2)18(14-6-4-3-5-7-14)11-21-19(24)23-12-15-8-9-17(20)10-16(15)13-23/h3-10,12-13,18H,11H2,1-2H3,(H,21,24). The topological polar surface area (TPSA) is 37.3 Å². The fraction of sp³-hybridized carbons (Fsp3) is 0.211. The first-order chi connectivity index (χ1) is 11.5. The lowest BCUT2D eigenvalue weighted by atomic mass is 10.1. The van der Waals surface area contributed by atoms with E-state index >= 15 is 0 Å². The van der Waals surface area contributed by atoms with Crippen LogP contribution in [0.2, 0.25) is 0 Å². The van der Waals surface area contributed by atoms with Gasteiger partial charge in [-0.05, 0) is 37.9 Å². The van der Waals surface area contributed by atoms with E-state index in [2.05, 4.69) is 10.2 Å². The number of halogens is 1. The summed E-state index contributed by atoms with van der Waals surface area (Å²) in [6.07, 6.45) is 3.35. The maximum atomic E-state index is 13.3.